The molecule has 0 radical (unpaired) electrons. The predicted octanol–water partition coefficient (Wildman–Crippen LogP) is 2.03. The lowest BCUT2D eigenvalue weighted by Crippen LogP contribution is -2.24. The van der Waals surface area contributed by atoms with Crippen molar-refractivity contribution >= 4 is 15.6 Å². The Morgan fingerprint density at radius 3 is 2.27 bits per heavy atom. The third kappa shape index (κ3) is 3.20. The lowest BCUT2D eigenvalue weighted by Gasteiger charge is -2.19. The summed E-state index contributed by atoms with van der Waals surface area (Å²) < 4.78 is 65.6. The monoisotopic (exact) mass is 390 g/mol. The lowest BCUT2D eigenvalue weighted by molar-refractivity contribution is -0.0308. The van der Waals surface area contributed by atoms with Crippen molar-refractivity contribution in [2.24, 2.45) is 7.05 Å². The Morgan fingerprint density at radius 2 is 1.85 bits per heavy atom. The molecular weight excluding hydrogens is 373 g/mol. The van der Waals surface area contributed by atoms with Gasteiger partial charge in [0, 0.05) is 30.1 Å². The minimum Gasteiger partial charge on any atom is -0.299 e. The number of aromatic nitrogens is 2. The van der Waals surface area contributed by atoms with Gasteiger partial charge in [0.15, 0.2) is 16.5 Å². The molecule has 0 saturated heterocycles. The highest BCUT2D eigenvalue weighted by atomic mass is 32.2. The SMILES string of the molecule is Cc1[nH]n(C)c(=O)c1C(=O)c1ccc(C(F)(F)CF)c(S(C)(=O)=O)c1C. The fraction of sp³-hybridized carbons (Fsp3) is 0.375. The van der Waals surface area contributed by atoms with Gasteiger partial charge in [0.25, 0.3) is 5.56 Å². The van der Waals surface area contributed by atoms with Gasteiger partial charge in [-0.3, -0.25) is 19.4 Å². The standard InChI is InChI=1S/C16H17F3N2O4S/c1-8-10(13(22)12-9(2)20-21(3)15(12)23)5-6-11(16(18,19)7-17)14(8)26(4,24)25/h5-6,20H,7H2,1-4H3. The van der Waals surface area contributed by atoms with E-state index in [1.165, 1.54) is 20.9 Å². The van der Waals surface area contributed by atoms with Crippen molar-refractivity contribution in [2.45, 2.75) is 24.7 Å². The number of rotatable bonds is 5. The molecule has 0 unspecified atom stereocenters. The van der Waals surface area contributed by atoms with Crippen LogP contribution in [0.5, 0.6) is 0 Å². The molecule has 1 aromatic carbocycles. The highest BCUT2D eigenvalue weighted by Gasteiger charge is 2.38. The Balaban J connectivity index is 2.82. The summed E-state index contributed by atoms with van der Waals surface area (Å²) in [6, 6.07) is 1.69. The molecule has 6 nitrogen and oxygen atoms in total. The number of nitrogens with zero attached hydrogens (tertiary/aromatic N) is 1. The maximum atomic E-state index is 13.9. The van der Waals surface area contributed by atoms with Gasteiger partial charge in [-0.25, -0.2) is 12.8 Å². The normalized spacial score (nSPS) is 12.4. The Labute approximate surface area is 147 Å². The zero-order valence-corrected chi connectivity index (χ0v) is 15.3. The van der Waals surface area contributed by atoms with Crippen molar-refractivity contribution in [1.82, 2.24) is 9.78 Å². The minimum absolute atomic E-state index is 0.219. The number of hydrogen-bond acceptors (Lipinski definition) is 4. The van der Waals surface area contributed by atoms with Crippen LogP contribution in [0.15, 0.2) is 21.8 Å². The van der Waals surface area contributed by atoms with E-state index >= 15 is 0 Å². The van der Waals surface area contributed by atoms with Crippen LogP contribution in [0.2, 0.25) is 0 Å². The highest BCUT2D eigenvalue weighted by molar-refractivity contribution is 7.90. The van der Waals surface area contributed by atoms with E-state index in [1.54, 1.807) is 0 Å². The molecular formula is C16H17F3N2O4S. The van der Waals surface area contributed by atoms with Crippen LogP contribution in [-0.2, 0) is 22.8 Å². The number of alkyl halides is 3. The molecule has 0 saturated carbocycles. The summed E-state index contributed by atoms with van der Waals surface area (Å²) >= 11 is 0. The second-order valence-corrected chi connectivity index (χ2v) is 7.98. The number of halogens is 3. The minimum atomic E-state index is -4.20. The summed E-state index contributed by atoms with van der Waals surface area (Å²) in [6.45, 7) is 0.570. The number of carbonyl (C=O) groups is 1. The molecule has 0 spiro atoms. The summed E-state index contributed by atoms with van der Waals surface area (Å²) in [5.41, 5.74) is -2.10. The van der Waals surface area contributed by atoms with Gasteiger partial charge in [0.05, 0.1) is 4.90 Å². The molecule has 2 aromatic rings. The summed E-state index contributed by atoms with van der Waals surface area (Å²) in [4.78, 5) is 24.0. The van der Waals surface area contributed by atoms with Gasteiger partial charge in [-0.1, -0.05) is 12.1 Å². The number of aryl methyl sites for hydroxylation is 2. The van der Waals surface area contributed by atoms with E-state index in [0.717, 1.165) is 10.7 Å². The summed E-state index contributed by atoms with van der Waals surface area (Å²) in [5, 5.41) is 2.63. The Bertz CT molecular complexity index is 1050. The second-order valence-electron chi connectivity index (χ2n) is 6.03. The number of aromatic amines is 1. The van der Waals surface area contributed by atoms with Crippen molar-refractivity contribution in [1.29, 1.82) is 0 Å². The van der Waals surface area contributed by atoms with E-state index in [-0.39, 0.29) is 22.4 Å². The number of ketones is 1. The summed E-state index contributed by atoms with van der Waals surface area (Å²) in [7, 11) is -2.81. The van der Waals surface area contributed by atoms with Crippen molar-refractivity contribution in [3.8, 4) is 0 Å². The van der Waals surface area contributed by atoms with Gasteiger partial charge in [-0.05, 0) is 19.4 Å². The third-order valence-electron chi connectivity index (χ3n) is 4.04. The van der Waals surface area contributed by atoms with E-state index in [4.69, 9.17) is 0 Å². The maximum absolute atomic E-state index is 13.9. The van der Waals surface area contributed by atoms with Crippen molar-refractivity contribution in [3.63, 3.8) is 0 Å². The van der Waals surface area contributed by atoms with E-state index < -0.39 is 44.2 Å². The number of H-pyrrole nitrogens is 1. The van der Waals surface area contributed by atoms with Crippen LogP contribution in [0.4, 0.5) is 13.2 Å². The van der Waals surface area contributed by atoms with Crippen LogP contribution in [0.3, 0.4) is 0 Å². The van der Waals surface area contributed by atoms with E-state index in [2.05, 4.69) is 5.10 Å². The molecule has 0 bridgehead atoms. The van der Waals surface area contributed by atoms with E-state index in [9.17, 15) is 31.2 Å². The van der Waals surface area contributed by atoms with Gasteiger partial charge in [-0.2, -0.15) is 8.78 Å². The molecule has 0 aliphatic heterocycles. The topological polar surface area (TPSA) is 89.0 Å². The zero-order valence-electron chi connectivity index (χ0n) is 14.5. The van der Waals surface area contributed by atoms with Crippen LogP contribution in [0.1, 0.15) is 32.7 Å². The van der Waals surface area contributed by atoms with Gasteiger partial charge < -0.3 is 0 Å². The van der Waals surface area contributed by atoms with Gasteiger partial charge in [0.2, 0.25) is 5.78 Å². The zero-order chi connectivity index (χ0) is 20.0. The van der Waals surface area contributed by atoms with Crippen LogP contribution < -0.4 is 5.56 Å². The molecule has 0 atom stereocenters. The molecule has 1 aromatic heterocycles. The molecule has 0 fully saturated rings. The molecule has 0 aliphatic rings. The molecule has 2 rings (SSSR count). The first-order chi connectivity index (χ1) is 11.8. The van der Waals surface area contributed by atoms with Crippen molar-refractivity contribution in [2.75, 3.05) is 12.9 Å². The average molecular weight is 390 g/mol. The number of sulfone groups is 1. The largest absolute Gasteiger partial charge is 0.302 e. The Kier molecular flexibility index (Phi) is 4.93. The molecule has 26 heavy (non-hydrogen) atoms. The molecule has 10 heteroatoms. The third-order valence-corrected chi connectivity index (χ3v) is 5.31. The van der Waals surface area contributed by atoms with Crippen LogP contribution in [0, 0.1) is 13.8 Å². The van der Waals surface area contributed by atoms with E-state index in [0.29, 0.717) is 12.3 Å². The van der Waals surface area contributed by atoms with Crippen molar-refractivity contribution < 1.29 is 26.4 Å². The fourth-order valence-electron chi connectivity index (χ4n) is 2.86. The maximum Gasteiger partial charge on any atom is 0.302 e. The molecule has 1 heterocycles. The number of hydrogen-bond donors (Lipinski definition) is 1. The Hall–Kier alpha value is -2.36. The predicted molar refractivity (Wildman–Crippen MR) is 88.4 cm³/mol. The van der Waals surface area contributed by atoms with Gasteiger partial charge in [-0.15, -0.1) is 0 Å². The number of nitrogens with one attached hydrogen (secondary N) is 1. The van der Waals surface area contributed by atoms with Gasteiger partial charge >= 0.3 is 5.92 Å². The summed E-state index contributed by atoms with van der Waals surface area (Å²) in [5.74, 6) is -4.83. The second kappa shape index (κ2) is 6.42. The number of carbonyl (C=O) groups excluding carboxylic acids is 1. The molecule has 142 valence electrons. The molecule has 0 aliphatic carbocycles. The fourth-order valence-corrected chi connectivity index (χ4v) is 4.15. The molecule has 1 N–H and O–H groups in total. The number of benzene rings is 1. The van der Waals surface area contributed by atoms with E-state index in [1.807, 2.05) is 0 Å². The average Bonchev–Trinajstić information content (AvgIpc) is 2.77. The van der Waals surface area contributed by atoms with Crippen LogP contribution in [-0.4, -0.2) is 36.9 Å². The Morgan fingerprint density at radius 1 is 1.27 bits per heavy atom. The first kappa shape index (κ1) is 20.0. The van der Waals surface area contributed by atoms with Crippen LogP contribution >= 0.6 is 0 Å². The summed E-state index contributed by atoms with van der Waals surface area (Å²) in [6.07, 6.45) is 0.696. The lowest BCUT2D eigenvalue weighted by atomic mass is 9.95. The highest BCUT2D eigenvalue weighted by Crippen LogP contribution is 2.36. The van der Waals surface area contributed by atoms with Gasteiger partial charge in [0.1, 0.15) is 5.56 Å². The van der Waals surface area contributed by atoms with Crippen LogP contribution in [0.25, 0.3) is 0 Å². The smallest absolute Gasteiger partial charge is 0.299 e. The molecule has 0 amide bonds. The first-order valence-corrected chi connectivity index (χ1v) is 9.30. The quantitative estimate of drug-likeness (QED) is 0.791. The van der Waals surface area contributed by atoms with Crippen molar-refractivity contribution in [3.05, 3.63) is 50.4 Å². The first-order valence-electron chi connectivity index (χ1n) is 7.41.